The molecule has 0 amide bonds. The summed E-state index contributed by atoms with van der Waals surface area (Å²) in [5, 5.41) is 0. The maximum atomic E-state index is 12.0. The molecule has 2 nitrogen and oxygen atoms in total. The van der Waals surface area contributed by atoms with Gasteiger partial charge in [-0.1, -0.05) is 53.2 Å². The summed E-state index contributed by atoms with van der Waals surface area (Å²) in [7, 11) is 0. The molecule has 1 aliphatic carbocycles. The monoisotopic (exact) mass is 310 g/mol. The SMILES string of the molecule is C=C1CC(C)CC(CC)(C(C)(C)OC(=O)CCCC)C1.CC. The number of carbonyl (C=O) groups excluding carboxylic acids is 1. The summed E-state index contributed by atoms with van der Waals surface area (Å²) in [5.41, 5.74) is 0.941. The fourth-order valence-electron chi connectivity index (χ4n) is 3.77. The van der Waals surface area contributed by atoms with Crippen LogP contribution in [-0.2, 0) is 9.53 Å². The van der Waals surface area contributed by atoms with E-state index in [0.29, 0.717) is 12.3 Å². The van der Waals surface area contributed by atoms with Crippen LogP contribution in [0.15, 0.2) is 12.2 Å². The summed E-state index contributed by atoms with van der Waals surface area (Å²) in [6.45, 7) is 19.0. The number of esters is 1. The fraction of sp³-hybridized carbons (Fsp3) is 0.850. The Morgan fingerprint density at radius 1 is 1.36 bits per heavy atom. The van der Waals surface area contributed by atoms with Gasteiger partial charge in [0.2, 0.25) is 0 Å². The van der Waals surface area contributed by atoms with Gasteiger partial charge in [-0.3, -0.25) is 4.79 Å². The highest BCUT2D eigenvalue weighted by molar-refractivity contribution is 5.69. The molecule has 0 saturated heterocycles. The molecule has 0 spiro atoms. The largest absolute Gasteiger partial charge is 0.459 e. The van der Waals surface area contributed by atoms with E-state index in [1.807, 2.05) is 13.8 Å². The second-order valence-electron chi connectivity index (χ2n) is 7.16. The van der Waals surface area contributed by atoms with E-state index in [2.05, 4.69) is 41.2 Å². The zero-order valence-corrected chi connectivity index (χ0v) is 16.1. The second kappa shape index (κ2) is 9.37. The Morgan fingerprint density at radius 2 is 1.95 bits per heavy atom. The normalized spacial score (nSPS) is 25.2. The fourth-order valence-corrected chi connectivity index (χ4v) is 3.77. The van der Waals surface area contributed by atoms with Crippen molar-refractivity contribution in [3.63, 3.8) is 0 Å². The van der Waals surface area contributed by atoms with Crippen molar-refractivity contribution < 1.29 is 9.53 Å². The lowest BCUT2D eigenvalue weighted by Gasteiger charge is -2.50. The standard InChI is InChI=1S/C18H32O2.C2H6/c1-7-9-10-16(19)20-17(5,6)18(8-2)12-14(3)11-15(4)13-18;1-2/h15H,3,7-13H2,1-2,4-6H3;1-2H3. The van der Waals surface area contributed by atoms with Crippen molar-refractivity contribution in [2.75, 3.05) is 0 Å². The number of rotatable bonds is 6. The third-order valence-corrected chi connectivity index (χ3v) is 5.02. The van der Waals surface area contributed by atoms with Gasteiger partial charge in [0.1, 0.15) is 5.60 Å². The Bertz CT molecular complexity index is 357. The smallest absolute Gasteiger partial charge is 0.306 e. The van der Waals surface area contributed by atoms with E-state index in [0.717, 1.165) is 38.5 Å². The Labute approximate surface area is 138 Å². The van der Waals surface area contributed by atoms with Crippen molar-refractivity contribution in [3.05, 3.63) is 12.2 Å². The molecule has 22 heavy (non-hydrogen) atoms. The van der Waals surface area contributed by atoms with Gasteiger partial charge in [-0.15, -0.1) is 0 Å². The Kier molecular flexibility index (Phi) is 9.04. The molecule has 130 valence electrons. The number of allylic oxidation sites excluding steroid dienone is 1. The molecular weight excluding hydrogens is 272 g/mol. The average Bonchev–Trinajstić information content (AvgIpc) is 2.45. The van der Waals surface area contributed by atoms with E-state index in [1.165, 1.54) is 5.57 Å². The summed E-state index contributed by atoms with van der Waals surface area (Å²) < 4.78 is 5.89. The average molecular weight is 311 g/mol. The van der Waals surface area contributed by atoms with E-state index in [-0.39, 0.29) is 11.4 Å². The first kappa shape index (κ1) is 21.2. The van der Waals surface area contributed by atoms with Gasteiger partial charge in [0.05, 0.1) is 0 Å². The maximum absolute atomic E-state index is 12.0. The third-order valence-electron chi connectivity index (χ3n) is 5.02. The van der Waals surface area contributed by atoms with Crippen LogP contribution < -0.4 is 0 Å². The van der Waals surface area contributed by atoms with Gasteiger partial charge in [0.25, 0.3) is 0 Å². The predicted octanol–water partition coefficient (Wildman–Crippen LogP) is 6.30. The van der Waals surface area contributed by atoms with Gasteiger partial charge >= 0.3 is 5.97 Å². The Balaban J connectivity index is 0.00000211. The van der Waals surface area contributed by atoms with Crippen LogP contribution in [0.1, 0.15) is 93.4 Å². The van der Waals surface area contributed by atoms with Crippen molar-refractivity contribution in [2.45, 2.75) is 99.0 Å². The number of carbonyl (C=O) groups is 1. The first-order valence-electron chi connectivity index (χ1n) is 9.15. The van der Waals surface area contributed by atoms with Gasteiger partial charge < -0.3 is 4.74 Å². The molecule has 0 heterocycles. The third kappa shape index (κ3) is 5.44. The van der Waals surface area contributed by atoms with Crippen molar-refractivity contribution in [3.8, 4) is 0 Å². The van der Waals surface area contributed by atoms with Crippen molar-refractivity contribution >= 4 is 5.97 Å². The number of ether oxygens (including phenoxy) is 1. The Hall–Kier alpha value is -0.790. The maximum Gasteiger partial charge on any atom is 0.306 e. The number of hydrogen-bond acceptors (Lipinski definition) is 2. The Morgan fingerprint density at radius 3 is 2.41 bits per heavy atom. The van der Waals surface area contributed by atoms with Gasteiger partial charge in [0.15, 0.2) is 0 Å². The summed E-state index contributed by atoms with van der Waals surface area (Å²) >= 11 is 0. The lowest BCUT2D eigenvalue weighted by atomic mass is 9.59. The zero-order valence-electron chi connectivity index (χ0n) is 16.1. The van der Waals surface area contributed by atoms with Crippen LogP contribution in [-0.4, -0.2) is 11.6 Å². The highest BCUT2D eigenvalue weighted by Gasteiger charge is 2.49. The van der Waals surface area contributed by atoms with Crippen molar-refractivity contribution in [1.29, 1.82) is 0 Å². The molecule has 1 aliphatic rings. The predicted molar refractivity (Wildman–Crippen MR) is 95.9 cm³/mol. The van der Waals surface area contributed by atoms with Crippen LogP contribution in [0.4, 0.5) is 0 Å². The summed E-state index contributed by atoms with van der Waals surface area (Å²) in [4.78, 5) is 12.0. The van der Waals surface area contributed by atoms with E-state index >= 15 is 0 Å². The minimum atomic E-state index is -0.413. The molecule has 2 atom stereocenters. The zero-order chi connectivity index (χ0) is 17.4. The molecule has 0 radical (unpaired) electrons. The van der Waals surface area contributed by atoms with Gasteiger partial charge in [-0.05, 0) is 51.9 Å². The van der Waals surface area contributed by atoms with Crippen molar-refractivity contribution in [1.82, 2.24) is 0 Å². The minimum Gasteiger partial charge on any atom is -0.459 e. The van der Waals surface area contributed by atoms with E-state index in [4.69, 9.17) is 4.74 Å². The van der Waals surface area contributed by atoms with E-state index < -0.39 is 5.60 Å². The first-order valence-corrected chi connectivity index (χ1v) is 9.15. The quantitative estimate of drug-likeness (QED) is 0.425. The minimum absolute atomic E-state index is 0.0453. The summed E-state index contributed by atoms with van der Waals surface area (Å²) in [6, 6.07) is 0. The van der Waals surface area contributed by atoms with Crippen LogP contribution in [0.5, 0.6) is 0 Å². The molecule has 0 aromatic carbocycles. The van der Waals surface area contributed by atoms with Crippen LogP contribution >= 0.6 is 0 Å². The molecule has 0 aromatic heterocycles. The van der Waals surface area contributed by atoms with Crippen LogP contribution in [0.2, 0.25) is 0 Å². The van der Waals surface area contributed by atoms with Crippen molar-refractivity contribution in [2.24, 2.45) is 11.3 Å². The second-order valence-corrected chi connectivity index (χ2v) is 7.16. The molecule has 2 heteroatoms. The highest BCUT2D eigenvalue weighted by atomic mass is 16.6. The molecule has 1 fully saturated rings. The van der Waals surface area contributed by atoms with Crippen LogP contribution in [0.3, 0.4) is 0 Å². The lowest BCUT2D eigenvalue weighted by Crippen LogP contribution is -2.49. The molecule has 1 saturated carbocycles. The lowest BCUT2D eigenvalue weighted by molar-refractivity contribution is -0.175. The first-order chi connectivity index (χ1) is 10.3. The summed E-state index contributed by atoms with van der Waals surface area (Å²) in [6.07, 6.45) is 6.74. The van der Waals surface area contributed by atoms with Gasteiger partial charge in [0, 0.05) is 11.8 Å². The molecule has 0 N–H and O–H groups in total. The molecule has 2 unspecified atom stereocenters. The van der Waals surface area contributed by atoms with Gasteiger partial charge in [-0.25, -0.2) is 0 Å². The number of hydrogen-bond donors (Lipinski definition) is 0. The molecule has 0 bridgehead atoms. The molecule has 1 rings (SSSR count). The van der Waals surface area contributed by atoms with Crippen LogP contribution in [0.25, 0.3) is 0 Å². The van der Waals surface area contributed by atoms with Gasteiger partial charge in [-0.2, -0.15) is 0 Å². The van der Waals surface area contributed by atoms with E-state index in [9.17, 15) is 4.79 Å². The van der Waals surface area contributed by atoms with Crippen LogP contribution in [0, 0.1) is 11.3 Å². The molecule has 0 aliphatic heterocycles. The summed E-state index contributed by atoms with van der Waals surface area (Å²) in [5.74, 6) is 0.582. The highest BCUT2D eigenvalue weighted by Crippen LogP contribution is 2.52. The molecule has 0 aromatic rings. The topological polar surface area (TPSA) is 26.3 Å². The molecular formula is C20H38O2. The van der Waals surface area contributed by atoms with E-state index in [1.54, 1.807) is 0 Å². The number of unbranched alkanes of at least 4 members (excludes halogenated alkanes) is 1.